The third-order valence-electron chi connectivity index (χ3n) is 7.15. The number of benzene rings is 1. The zero-order valence-corrected chi connectivity index (χ0v) is 20.7. The van der Waals surface area contributed by atoms with Crippen LogP contribution in [0.1, 0.15) is 26.3 Å². The van der Waals surface area contributed by atoms with Gasteiger partial charge in [-0.15, -0.1) is 0 Å². The maximum absolute atomic E-state index is 11.2. The number of fused-ring (bicyclic) bond motifs is 2. The Morgan fingerprint density at radius 1 is 1.08 bits per heavy atom. The van der Waals surface area contributed by atoms with Gasteiger partial charge in [0.2, 0.25) is 5.91 Å². The van der Waals surface area contributed by atoms with E-state index in [2.05, 4.69) is 32.7 Å². The number of carbonyl (C=O) groups excluding carboxylic acids is 1. The van der Waals surface area contributed by atoms with E-state index in [9.17, 15) is 4.79 Å². The van der Waals surface area contributed by atoms with Crippen LogP contribution < -0.4 is 15.0 Å². The second kappa shape index (κ2) is 12.2. The first-order chi connectivity index (χ1) is 17.2. The number of piperidine rings is 1. The molecule has 36 heavy (non-hydrogen) atoms. The maximum Gasteiger partial charge on any atom is 0.246 e. The van der Waals surface area contributed by atoms with E-state index in [-0.39, 0.29) is 12.0 Å². The number of likely N-dealkylation sites (tertiary alicyclic amines) is 2. The Balaban J connectivity index is 0.000000210. The minimum absolute atomic E-state index is 0. The van der Waals surface area contributed by atoms with E-state index in [1.54, 1.807) is 0 Å². The smallest absolute Gasteiger partial charge is 0.246 e. The molecule has 3 saturated heterocycles. The lowest BCUT2D eigenvalue weighted by Crippen LogP contribution is -2.61. The summed E-state index contributed by atoms with van der Waals surface area (Å²) in [5.74, 6) is 1.82. The molecule has 1 amide bonds. The van der Waals surface area contributed by atoms with E-state index >= 15 is 0 Å². The van der Waals surface area contributed by atoms with Crippen LogP contribution in [-0.2, 0) is 16.1 Å². The molecule has 1 N–H and O–H groups in total. The van der Waals surface area contributed by atoms with Gasteiger partial charge >= 0.3 is 0 Å². The molecule has 0 radical (unpaired) electrons. The predicted octanol–water partition coefficient (Wildman–Crippen LogP) is 3.82. The summed E-state index contributed by atoms with van der Waals surface area (Å²) < 4.78 is 11.4. The van der Waals surface area contributed by atoms with E-state index in [1.807, 2.05) is 35.4 Å². The average Bonchev–Trinajstić information content (AvgIpc) is 3.08. The van der Waals surface area contributed by atoms with E-state index in [0.717, 1.165) is 62.2 Å². The van der Waals surface area contributed by atoms with Gasteiger partial charge < -0.3 is 24.6 Å². The lowest BCUT2D eigenvalue weighted by molar-refractivity contribution is -0.133. The Kier molecular flexibility index (Phi) is 8.77. The van der Waals surface area contributed by atoms with Crippen LogP contribution >= 0.6 is 0 Å². The van der Waals surface area contributed by atoms with Gasteiger partial charge in [-0.2, -0.15) is 0 Å². The zero-order valence-electron chi connectivity index (χ0n) is 20.7. The number of morpholine rings is 1. The van der Waals surface area contributed by atoms with Crippen molar-refractivity contribution < 1.29 is 20.4 Å². The predicted molar refractivity (Wildman–Crippen MR) is 142 cm³/mol. The molecule has 0 bridgehead atoms. The number of amides is 1. The molecule has 3 fully saturated rings. The molecule has 0 unspecified atom stereocenters. The first kappa shape index (κ1) is 25.9. The molecule has 0 saturated carbocycles. The molecule has 8 nitrogen and oxygen atoms in total. The number of ether oxygens (including phenoxy) is 2. The molecule has 0 aliphatic carbocycles. The molecule has 1 aromatic carbocycles. The number of nitrogens with zero attached hydrogens (tertiary/aromatic N) is 4. The summed E-state index contributed by atoms with van der Waals surface area (Å²) in [6, 6.07) is 10.6. The van der Waals surface area contributed by atoms with Gasteiger partial charge in [0.25, 0.3) is 0 Å². The van der Waals surface area contributed by atoms with Crippen molar-refractivity contribution in [3.8, 4) is 5.75 Å². The number of anilines is 3. The number of para-hydroxylation sites is 2. The summed E-state index contributed by atoms with van der Waals surface area (Å²) in [4.78, 5) is 22.4. The van der Waals surface area contributed by atoms with Crippen molar-refractivity contribution in [1.82, 2.24) is 14.8 Å². The van der Waals surface area contributed by atoms with E-state index in [1.165, 1.54) is 44.1 Å². The van der Waals surface area contributed by atoms with Crippen molar-refractivity contribution in [3.63, 3.8) is 0 Å². The number of pyridine rings is 1. The van der Waals surface area contributed by atoms with Crippen LogP contribution in [0, 0.1) is 0 Å². The number of hydrogen-bond donors (Lipinski definition) is 1. The van der Waals surface area contributed by atoms with Crippen LogP contribution in [0.3, 0.4) is 0 Å². The van der Waals surface area contributed by atoms with E-state index in [0.29, 0.717) is 12.6 Å². The zero-order chi connectivity index (χ0) is 24.0. The molecule has 0 spiro atoms. The monoisotopic (exact) mass is 499 g/mol. The molecular weight excluding hydrogens is 461 g/mol. The molecule has 196 valence electrons. The number of rotatable bonds is 3. The summed E-state index contributed by atoms with van der Waals surface area (Å²) in [6.07, 6.45) is 7.29. The minimum atomic E-state index is 0. The highest BCUT2D eigenvalue weighted by atomic mass is 19.0. The summed E-state index contributed by atoms with van der Waals surface area (Å²) in [5, 5.41) is 3.39. The molecule has 6 rings (SSSR count). The minimum Gasteiger partial charge on any atom is -0.487 e. The maximum atomic E-state index is 11.2. The van der Waals surface area contributed by atoms with Crippen LogP contribution in [-0.4, -0.2) is 79.2 Å². The third-order valence-corrected chi connectivity index (χ3v) is 7.15. The quantitative estimate of drug-likeness (QED) is 0.644. The van der Waals surface area contributed by atoms with Gasteiger partial charge in [-0.05, 0) is 50.2 Å². The fourth-order valence-corrected chi connectivity index (χ4v) is 5.08. The van der Waals surface area contributed by atoms with Crippen LogP contribution in [0.4, 0.5) is 21.9 Å². The average molecular weight is 500 g/mol. The molecule has 4 aliphatic rings. The molecule has 1 aromatic heterocycles. The fraction of sp³-hybridized carbons (Fsp3) is 0.481. The molecule has 9 heteroatoms. The SMILES string of the molecule is C=CC(=O)N1CC(N2CCCCC2)C1.F.[HH].c1ccc2c(c1)Nc1nccc(N3CCOCC3)c1CO2. The number of halogens is 1. The highest BCUT2D eigenvalue weighted by Gasteiger charge is 2.33. The molecular formula is C27H38FN5O3. The molecule has 5 heterocycles. The molecule has 2 aromatic rings. The van der Waals surface area contributed by atoms with Crippen molar-refractivity contribution in [2.45, 2.75) is 31.9 Å². The first-order valence-electron chi connectivity index (χ1n) is 12.7. The molecule has 4 aliphatic heterocycles. The Labute approximate surface area is 213 Å². The van der Waals surface area contributed by atoms with Crippen LogP contribution in [0.15, 0.2) is 49.2 Å². The van der Waals surface area contributed by atoms with Crippen LogP contribution in [0.5, 0.6) is 5.75 Å². The van der Waals surface area contributed by atoms with Crippen molar-refractivity contribution in [2.75, 3.05) is 62.7 Å². The van der Waals surface area contributed by atoms with Gasteiger partial charge in [-0.1, -0.05) is 25.1 Å². The largest absolute Gasteiger partial charge is 0.487 e. The number of nitrogens with one attached hydrogen (secondary N) is 1. The van der Waals surface area contributed by atoms with E-state index in [4.69, 9.17) is 9.47 Å². The Bertz CT molecular complexity index is 1040. The van der Waals surface area contributed by atoms with Crippen molar-refractivity contribution >= 4 is 23.1 Å². The van der Waals surface area contributed by atoms with Gasteiger partial charge in [-0.3, -0.25) is 14.4 Å². The first-order valence-corrected chi connectivity index (χ1v) is 12.7. The lowest BCUT2D eigenvalue weighted by atomic mass is 10.0. The number of aromatic nitrogens is 1. The standard InChI is InChI=1S/C16H17N3O2.C11H18N2O.FH.H2/c1-2-4-15-13(3-1)18-16-12(11-21-15)14(5-6-17-16)19-7-9-20-10-8-19;1-2-11(14)13-8-10(9-13)12-6-4-3-5-7-12;;/h1-6H,7-11H2,(H,17,18);2,10H,1,3-9H2;2*1H. The fourth-order valence-electron chi connectivity index (χ4n) is 5.08. The van der Waals surface area contributed by atoms with Crippen molar-refractivity contribution in [3.05, 3.63) is 54.7 Å². The second-order valence-corrected chi connectivity index (χ2v) is 9.36. The van der Waals surface area contributed by atoms with Crippen molar-refractivity contribution in [1.29, 1.82) is 0 Å². The Morgan fingerprint density at radius 2 is 1.83 bits per heavy atom. The van der Waals surface area contributed by atoms with Crippen molar-refractivity contribution in [2.24, 2.45) is 0 Å². The summed E-state index contributed by atoms with van der Waals surface area (Å²) in [7, 11) is 0. The summed E-state index contributed by atoms with van der Waals surface area (Å²) in [5.41, 5.74) is 3.25. The van der Waals surface area contributed by atoms with Gasteiger partial charge in [-0.25, -0.2) is 4.98 Å². The van der Waals surface area contributed by atoms with Crippen LogP contribution in [0.25, 0.3) is 0 Å². The number of hydrogen-bond acceptors (Lipinski definition) is 7. The van der Waals surface area contributed by atoms with Gasteiger partial charge in [0.05, 0.1) is 24.5 Å². The van der Waals surface area contributed by atoms with E-state index < -0.39 is 0 Å². The normalized spacial score (nSPS) is 19.4. The number of carbonyl (C=O) groups is 1. The second-order valence-electron chi connectivity index (χ2n) is 9.36. The van der Waals surface area contributed by atoms with Gasteiger partial charge in [0.15, 0.2) is 0 Å². The van der Waals surface area contributed by atoms with Gasteiger partial charge in [0, 0.05) is 45.5 Å². The van der Waals surface area contributed by atoms with Gasteiger partial charge in [0.1, 0.15) is 18.2 Å². The highest BCUT2D eigenvalue weighted by molar-refractivity contribution is 5.87. The third kappa shape index (κ3) is 5.79. The van der Waals surface area contributed by atoms with Crippen LogP contribution in [0.2, 0.25) is 0 Å². The Morgan fingerprint density at radius 3 is 2.58 bits per heavy atom. The molecule has 0 atom stereocenters. The summed E-state index contributed by atoms with van der Waals surface area (Å²) >= 11 is 0. The Hall–Kier alpha value is -3.17. The lowest BCUT2D eigenvalue weighted by Gasteiger charge is -2.46. The topological polar surface area (TPSA) is 70.2 Å². The highest BCUT2D eigenvalue weighted by Crippen LogP contribution is 2.36. The summed E-state index contributed by atoms with van der Waals surface area (Å²) in [6.45, 7) is 11.6.